The standard InChI is InChI=1S/C12H14N2O2/c13-6-5-11(15)9-1-3-10-8(7-9)2-4-12(16)14-10/h1,3,7H,2,4-6,13H2,(H,14,16). The molecule has 0 bridgehead atoms. The third-order valence-corrected chi connectivity index (χ3v) is 2.69. The van der Waals surface area contributed by atoms with Gasteiger partial charge < -0.3 is 11.1 Å². The summed E-state index contributed by atoms with van der Waals surface area (Å²) in [6, 6.07) is 5.38. The summed E-state index contributed by atoms with van der Waals surface area (Å²) in [4.78, 5) is 22.8. The van der Waals surface area contributed by atoms with E-state index in [9.17, 15) is 9.59 Å². The Bertz CT molecular complexity index is 441. The van der Waals surface area contributed by atoms with E-state index >= 15 is 0 Å². The van der Waals surface area contributed by atoms with Crippen LogP contribution in [0.1, 0.15) is 28.8 Å². The lowest BCUT2D eigenvalue weighted by Crippen LogP contribution is -2.19. The zero-order chi connectivity index (χ0) is 11.5. The van der Waals surface area contributed by atoms with Gasteiger partial charge in [-0.1, -0.05) is 0 Å². The molecule has 1 heterocycles. The predicted octanol–water partition coefficient (Wildman–Crippen LogP) is 1.10. The fraction of sp³-hybridized carbons (Fsp3) is 0.333. The van der Waals surface area contributed by atoms with Crippen LogP contribution in [0, 0.1) is 0 Å². The van der Waals surface area contributed by atoms with Crippen LogP contribution in [0.4, 0.5) is 5.69 Å². The van der Waals surface area contributed by atoms with Gasteiger partial charge in [-0.2, -0.15) is 0 Å². The molecule has 2 rings (SSSR count). The minimum atomic E-state index is 0.0357. The van der Waals surface area contributed by atoms with Crippen molar-refractivity contribution in [2.45, 2.75) is 19.3 Å². The van der Waals surface area contributed by atoms with Crippen LogP contribution in [-0.2, 0) is 11.2 Å². The lowest BCUT2D eigenvalue weighted by molar-refractivity contribution is -0.116. The summed E-state index contributed by atoms with van der Waals surface area (Å²) in [5, 5.41) is 2.78. The van der Waals surface area contributed by atoms with Gasteiger partial charge >= 0.3 is 0 Å². The monoisotopic (exact) mass is 218 g/mol. The van der Waals surface area contributed by atoms with Crippen molar-refractivity contribution >= 4 is 17.4 Å². The highest BCUT2D eigenvalue weighted by Crippen LogP contribution is 2.23. The van der Waals surface area contributed by atoms with Gasteiger partial charge in [0.25, 0.3) is 0 Å². The number of carbonyl (C=O) groups is 2. The first-order valence-corrected chi connectivity index (χ1v) is 5.37. The van der Waals surface area contributed by atoms with Crippen LogP contribution in [0.5, 0.6) is 0 Å². The number of rotatable bonds is 3. The van der Waals surface area contributed by atoms with Crippen LogP contribution in [-0.4, -0.2) is 18.2 Å². The van der Waals surface area contributed by atoms with Crippen molar-refractivity contribution < 1.29 is 9.59 Å². The molecule has 1 amide bonds. The molecular weight excluding hydrogens is 204 g/mol. The SMILES string of the molecule is NCCC(=O)c1ccc2c(c1)CCC(=O)N2. The Labute approximate surface area is 93.8 Å². The van der Waals surface area contributed by atoms with E-state index < -0.39 is 0 Å². The van der Waals surface area contributed by atoms with Gasteiger partial charge in [-0.15, -0.1) is 0 Å². The molecule has 0 fully saturated rings. The molecule has 1 aromatic carbocycles. The molecule has 1 aliphatic heterocycles. The first kappa shape index (κ1) is 10.8. The summed E-state index contributed by atoms with van der Waals surface area (Å²) >= 11 is 0. The van der Waals surface area contributed by atoms with Crippen LogP contribution >= 0.6 is 0 Å². The zero-order valence-electron chi connectivity index (χ0n) is 8.95. The van der Waals surface area contributed by atoms with E-state index in [1.807, 2.05) is 6.07 Å². The predicted molar refractivity (Wildman–Crippen MR) is 61.4 cm³/mol. The number of hydrogen-bond acceptors (Lipinski definition) is 3. The van der Waals surface area contributed by atoms with Crippen molar-refractivity contribution in [2.75, 3.05) is 11.9 Å². The Balaban J connectivity index is 2.26. The number of benzene rings is 1. The highest BCUT2D eigenvalue weighted by molar-refractivity contribution is 5.99. The molecule has 16 heavy (non-hydrogen) atoms. The molecule has 0 saturated heterocycles. The topological polar surface area (TPSA) is 72.2 Å². The first-order valence-electron chi connectivity index (χ1n) is 5.37. The molecule has 0 aromatic heterocycles. The minimum Gasteiger partial charge on any atom is -0.330 e. The molecule has 3 N–H and O–H groups in total. The summed E-state index contributed by atoms with van der Waals surface area (Å²) in [6.07, 6.45) is 1.55. The molecule has 0 atom stereocenters. The van der Waals surface area contributed by atoms with Gasteiger partial charge in [-0.05, 0) is 36.7 Å². The molecule has 0 saturated carbocycles. The van der Waals surface area contributed by atoms with Crippen LogP contribution in [0.2, 0.25) is 0 Å². The van der Waals surface area contributed by atoms with Crippen LogP contribution in [0.3, 0.4) is 0 Å². The number of anilines is 1. The van der Waals surface area contributed by atoms with Crippen molar-refractivity contribution in [3.05, 3.63) is 29.3 Å². The second-order valence-electron chi connectivity index (χ2n) is 3.88. The quantitative estimate of drug-likeness (QED) is 0.746. The Morgan fingerprint density at radius 3 is 2.94 bits per heavy atom. The van der Waals surface area contributed by atoms with Gasteiger partial charge in [0.1, 0.15) is 0 Å². The first-order chi connectivity index (χ1) is 7.70. The number of carbonyl (C=O) groups excluding carboxylic acids is 2. The molecule has 4 heteroatoms. The lowest BCUT2D eigenvalue weighted by atomic mass is 9.98. The number of amides is 1. The van der Waals surface area contributed by atoms with Crippen molar-refractivity contribution in [3.63, 3.8) is 0 Å². The van der Waals surface area contributed by atoms with Crippen LogP contribution in [0.15, 0.2) is 18.2 Å². The van der Waals surface area contributed by atoms with E-state index in [-0.39, 0.29) is 11.7 Å². The number of nitrogens with one attached hydrogen (secondary N) is 1. The molecular formula is C12H14N2O2. The number of ketones is 1. The molecule has 84 valence electrons. The zero-order valence-corrected chi connectivity index (χ0v) is 8.95. The third-order valence-electron chi connectivity index (χ3n) is 2.69. The van der Waals surface area contributed by atoms with E-state index in [1.54, 1.807) is 12.1 Å². The van der Waals surface area contributed by atoms with Gasteiger partial charge in [-0.3, -0.25) is 9.59 Å². The fourth-order valence-electron chi connectivity index (χ4n) is 1.83. The smallest absolute Gasteiger partial charge is 0.224 e. The molecule has 0 unspecified atom stereocenters. The van der Waals surface area contributed by atoms with Gasteiger partial charge in [0, 0.05) is 24.1 Å². The van der Waals surface area contributed by atoms with Gasteiger partial charge in [-0.25, -0.2) is 0 Å². The van der Waals surface area contributed by atoms with E-state index in [1.165, 1.54) is 0 Å². The van der Waals surface area contributed by atoms with Crippen molar-refractivity contribution in [1.82, 2.24) is 0 Å². The summed E-state index contributed by atoms with van der Waals surface area (Å²) < 4.78 is 0. The summed E-state index contributed by atoms with van der Waals surface area (Å²) in [7, 11) is 0. The van der Waals surface area contributed by atoms with Crippen molar-refractivity contribution in [1.29, 1.82) is 0 Å². The van der Waals surface area contributed by atoms with Crippen LogP contribution in [0.25, 0.3) is 0 Å². The number of aryl methyl sites for hydroxylation is 1. The van der Waals surface area contributed by atoms with Gasteiger partial charge in [0.15, 0.2) is 5.78 Å². The maximum atomic E-state index is 11.6. The Morgan fingerprint density at radius 1 is 1.38 bits per heavy atom. The largest absolute Gasteiger partial charge is 0.330 e. The number of nitrogens with two attached hydrogens (primary N) is 1. The fourth-order valence-corrected chi connectivity index (χ4v) is 1.83. The minimum absolute atomic E-state index is 0.0357. The van der Waals surface area contributed by atoms with E-state index in [0.29, 0.717) is 31.4 Å². The highest BCUT2D eigenvalue weighted by atomic mass is 16.1. The normalized spacial score (nSPS) is 14.2. The average Bonchev–Trinajstić information content (AvgIpc) is 2.28. The average molecular weight is 218 g/mol. The van der Waals surface area contributed by atoms with Crippen molar-refractivity contribution in [3.8, 4) is 0 Å². The second-order valence-corrected chi connectivity index (χ2v) is 3.88. The highest BCUT2D eigenvalue weighted by Gasteiger charge is 2.16. The molecule has 1 aliphatic rings. The molecule has 0 spiro atoms. The van der Waals surface area contributed by atoms with Crippen LogP contribution < -0.4 is 11.1 Å². The number of Topliss-reactive ketones (excluding diaryl/α,β-unsaturated/α-hetero) is 1. The van der Waals surface area contributed by atoms with E-state index in [2.05, 4.69) is 5.32 Å². The maximum absolute atomic E-state index is 11.6. The Morgan fingerprint density at radius 2 is 2.19 bits per heavy atom. The molecule has 4 nitrogen and oxygen atoms in total. The Hall–Kier alpha value is -1.68. The summed E-state index contributed by atoms with van der Waals surface area (Å²) in [6.45, 7) is 0.368. The molecule has 0 aliphatic carbocycles. The maximum Gasteiger partial charge on any atom is 0.224 e. The van der Waals surface area contributed by atoms with Crippen molar-refractivity contribution in [2.24, 2.45) is 5.73 Å². The summed E-state index contributed by atoms with van der Waals surface area (Å²) in [5.74, 6) is 0.0933. The van der Waals surface area contributed by atoms with E-state index in [4.69, 9.17) is 5.73 Å². The Kier molecular flexibility index (Phi) is 3.01. The van der Waals surface area contributed by atoms with Gasteiger partial charge in [0.05, 0.1) is 0 Å². The van der Waals surface area contributed by atoms with Gasteiger partial charge in [0.2, 0.25) is 5.91 Å². The second kappa shape index (κ2) is 4.45. The summed E-state index contributed by atoms with van der Waals surface area (Å²) in [5.41, 5.74) is 7.88. The third kappa shape index (κ3) is 2.12. The molecule has 1 aromatic rings. The van der Waals surface area contributed by atoms with E-state index in [0.717, 1.165) is 11.3 Å². The molecule has 0 radical (unpaired) electrons. The lowest BCUT2D eigenvalue weighted by Gasteiger charge is -2.17. The number of hydrogen-bond donors (Lipinski definition) is 2. The number of fused-ring (bicyclic) bond motifs is 1.